The predicted octanol–water partition coefficient (Wildman–Crippen LogP) is 6.78. The lowest BCUT2D eigenvalue weighted by Gasteiger charge is -2.51. The van der Waals surface area contributed by atoms with E-state index in [-0.39, 0.29) is 53.8 Å². The summed E-state index contributed by atoms with van der Waals surface area (Å²) in [5.41, 5.74) is 5.06. The van der Waals surface area contributed by atoms with E-state index in [1.807, 2.05) is 93.6 Å². The van der Waals surface area contributed by atoms with Crippen LogP contribution >= 0.6 is 0 Å². The molecule has 0 radical (unpaired) electrons. The van der Waals surface area contributed by atoms with Crippen molar-refractivity contribution in [1.29, 1.82) is 0 Å². The minimum absolute atomic E-state index is 0.00536. The highest BCUT2D eigenvalue weighted by atomic mass is 16.7. The molecular formula is C43H53N5O5. The van der Waals surface area contributed by atoms with Crippen LogP contribution in [0.3, 0.4) is 0 Å². The van der Waals surface area contributed by atoms with Crippen molar-refractivity contribution in [3.05, 3.63) is 107 Å². The lowest BCUT2D eigenvalue weighted by atomic mass is 9.75. The first-order valence-electron chi connectivity index (χ1n) is 19.2. The average molecular weight is 720 g/mol. The Bertz CT molecular complexity index is 1880. The highest BCUT2D eigenvalue weighted by Gasteiger charge is 2.46. The highest BCUT2D eigenvalue weighted by molar-refractivity contribution is 5.93. The zero-order chi connectivity index (χ0) is 37.1. The fraction of sp³-hybridized carbons (Fsp3) is 0.488. The zero-order valence-corrected chi connectivity index (χ0v) is 31.3. The van der Waals surface area contributed by atoms with E-state index in [4.69, 9.17) is 9.47 Å². The standard InChI is InChI=1S/C43H53N5O5/c1-27-38(25-48-36-12-8-5-9-30(36)21-22-37(48)41(51)47-43(2,3)4)52-42(53-39(27)31-17-15-29(26-49)16-18-31)32-19-13-28(14-20-32)23-45-40(50)35-24-44-33-10-6-7-11-34(33)46-35/h6-7,10-11,13-20,24,27,30,36-39,42,49H,5,8-9,12,21-23,25-26H2,1-4H3,(H,45,50)(H,47,51)/t27-,30+,36+,37+,38+,39+,42+/m0/s1. The second-order valence-corrected chi connectivity index (χ2v) is 16.1. The number of ether oxygens (including phenoxy) is 2. The van der Waals surface area contributed by atoms with Crippen LogP contribution in [0.1, 0.15) is 111 Å². The van der Waals surface area contributed by atoms with Crippen LogP contribution < -0.4 is 10.6 Å². The van der Waals surface area contributed by atoms with E-state index in [0.717, 1.165) is 47.0 Å². The topological polar surface area (TPSA) is 126 Å². The largest absolute Gasteiger partial charge is 0.392 e. The quantitative estimate of drug-likeness (QED) is 0.173. The molecule has 280 valence electrons. The molecule has 1 saturated carbocycles. The average Bonchev–Trinajstić information content (AvgIpc) is 3.17. The molecule has 1 aromatic heterocycles. The molecule has 0 unspecified atom stereocenters. The molecule has 7 rings (SSSR count). The van der Waals surface area contributed by atoms with Gasteiger partial charge in [0, 0.05) is 36.2 Å². The highest BCUT2D eigenvalue weighted by Crippen LogP contribution is 2.44. The van der Waals surface area contributed by atoms with Crippen LogP contribution in [-0.2, 0) is 27.4 Å². The summed E-state index contributed by atoms with van der Waals surface area (Å²) in [5.74, 6) is 0.403. The van der Waals surface area contributed by atoms with Crippen LogP contribution in [0.25, 0.3) is 11.0 Å². The number of piperidine rings is 1. The van der Waals surface area contributed by atoms with Gasteiger partial charge in [0.2, 0.25) is 5.91 Å². The third kappa shape index (κ3) is 8.62. The molecule has 7 atom stereocenters. The van der Waals surface area contributed by atoms with Gasteiger partial charge in [-0.3, -0.25) is 19.5 Å². The first-order valence-corrected chi connectivity index (χ1v) is 19.2. The van der Waals surface area contributed by atoms with Gasteiger partial charge < -0.3 is 25.2 Å². The summed E-state index contributed by atoms with van der Waals surface area (Å²) in [7, 11) is 0. The molecule has 3 aromatic carbocycles. The van der Waals surface area contributed by atoms with Gasteiger partial charge in [-0.25, -0.2) is 4.98 Å². The number of fused-ring (bicyclic) bond motifs is 2. The van der Waals surface area contributed by atoms with Crippen molar-refractivity contribution in [1.82, 2.24) is 25.5 Å². The summed E-state index contributed by atoms with van der Waals surface area (Å²) in [4.78, 5) is 38.1. The zero-order valence-electron chi connectivity index (χ0n) is 31.3. The second-order valence-electron chi connectivity index (χ2n) is 16.1. The number of amides is 2. The molecule has 2 saturated heterocycles. The van der Waals surface area contributed by atoms with E-state index in [1.54, 1.807) is 0 Å². The Hall–Kier alpha value is -4.22. The smallest absolute Gasteiger partial charge is 0.271 e. The third-order valence-electron chi connectivity index (χ3n) is 11.2. The van der Waals surface area contributed by atoms with Gasteiger partial charge >= 0.3 is 0 Å². The lowest BCUT2D eigenvalue weighted by molar-refractivity contribution is -0.278. The summed E-state index contributed by atoms with van der Waals surface area (Å²) in [6.45, 7) is 9.26. The molecule has 3 heterocycles. The molecule has 3 aliphatic rings. The van der Waals surface area contributed by atoms with Gasteiger partial charge in [0.05, 0.1) is 42.1 Å². The number of nitrogens with one attached hydrogen (secondary N) is 2. The number of hydrogen-bond donors (Lipinski definition) is 3. The molecule has 0 bridgehead atoms. The van der Waals surface area contributed by atoms with Crippen molar-refractivity contribution in [3.63, 3.8) is 0 Å². The SMILES string of the molecule is C[C@H]1[C@@H](CN2[C@@H](C(=O)NC(C)(C)C)CC[C@H]3CCCC[C@H]32)O[C@@H](c2ccc(CNC(=O)c3cnc4ccccc4n3)cc2)O[C@H]1c1ccc(CO)cc1. The minimum atomic E-state index is -0.635. The van der Waals surface area contributed by atoms with Gasteiger partial charge in [-0.05, 0) is 81.2 Å². The minimum Gasteiger partial charge on any atom is -0.392 e. The van der Waals surface area contributed by atoms with Crippen molar-refractivity contribution in [2.75, 3.05) is 6.54 Å². The Labute approximate surface area is 312 Å². The van der Waals surface area contributed by atoms with Crippen LogP contribution in [-0.4, -0.2) is 62.1 Å². The summed E-state index contributed by atoms with van der Waals surface area (Å²) in [6.07, 6.45) is 7.08. The molecule has 3 fully saturated rings. The van der Waals surface area contributed by atoms with E-state index in [1.165, 1.54) is 25.5 Å². The van der Waals surface area contributed by atoms with Gasteiger partial charge in [0.1, 0.15) is 5.69 Å². The lowest BCUT2D eigenvalue weighted by Crippen LogP contribution is -2.61. The maximum absolute atomic E-state index is 13.8. The summed E-state index contributed by atoms with van der Waals surface area (Å²) >= 11 is 0. The van der Waals surface area contributed by atoms with Crippen molar-refractivity contribution in [2.24, 2.45) is 11.8 Å². The number of aliphatic hydroxyl groups excluding tert-OH is 1. The van der Waals surface area contributed by atoms with E-state index >= 15 is 0 Å². The number of rotatable bonds is 9. The van der Waals surface area contributed by atoms with Crippen LogP contribution in [0.4, 0.5) is 0 Å². The molecule has 10 nitrogen and oxygen atoms in total. The van der Waals surface area contributed by atoms with Gasteiger partial charge in [-0.15, -0.1) is 0 Å². The first-order chi connectivity index (χ1) is 25.6. The molecule has 10 heteroatoms. The number of carbonyl (C=O) groups is 2. The number of hydrogen-bond acceptors (Lipinski definition) is 8. The number of likely N-dealkylation sites (tertiary alicyclic amines) is 1. The predicted molar refractivity (Wildman–Crippen MR) is 203 cm³/mol. The molecule has 2 aliphatic heterocycles. The van der Waals surface area contributed by atoms with E-state index in [9.17, 15) is 14.7 Å². The van der Waals surface area contributed by atoms with Crippen molar-refractivity contribution < 1.29 is 24.2 Å². The van der Waals surface area contributed by atoms with Crippen LogP contribution in [0.15, 0.2) is 79.0 Å². The summed E-state index contributed by atoms with van der Waals surface area (Å²) in [5, 5.41) is 16.0. The van der Waals surface area contributed by atoms with E-state index in [0.29, 0.717) is 30.6 Å². The number of nitrogens with zero attached hydrogens (tertiary/aromatic N) is 3. The fourth-order valence-corrected chi connectivity index (χ4v) is 8.40. The van der Waals surface area contributed by atoms with Crippen molar-refractivity contribution >= 4 is 22.8 Å². The second kappa shape index (κ2) is 16.0. The molecule has 3 N–H and O–H groups in total. The number of benzene rings is 3. The summed E-state index contributed by atoms with van der Waals surface area (Å²) in [6, 6.07) is 23.6. The Kier molecular flexibility index (Phi) is 11.2. The maximum Gasteiger partial charge on any atom is 0.271 e. The third-order valence-corrected chi connectivity index (χ3v) is 11.2. The van der Waals surface area contributed by atoms with Gasteiger partial charge in [0.15, 0.2) is 6.29 Å². The van der Waals surface area contributed by atoms with Gasteiger partial charge in [-0.1, -0.05) is 80.4 Å². The van der Waals surface area contributed by atoms with E-state index < -0.39 is 6.29 Å². The molecule has 2 amide bonds. The van der Waals surface area contributed by atoms with Gasteiger partial charge in [-0.2, -0.15) is 0 Å². The Balaban J connectivity index is 1.11. The Morgan fingerprint density at radius 3 is 2.30 bits per heavy atom. The molecular weight excluding hydrogens is 667 g/mol. The Morgan fingerprint density at radius 2 is 1.57 bits per heavy atom. The molecule has 1 aliphatic carbocycles. The normalized spacial score (nSPS) is 26.5. The first kappa shape index (κ1) is 37.1. The fourth-order valence-electron chi connectivity index (χ4n) is 8.40. The van der Waals surface area contributed by atoms with Crippen LogP contribution in [0.2, 0.25) is 0 Å². The molecule has 53 heavy (non-hydrogen) atoms. The van der Waals surface area contributed by atoms with E-state index in [2.05, 4.69) is 32.4 Å². The number of aliphatic hydroxyl groups is 1. The monoisotopic (exact) mass is 719 g/mol. The summed E-state index contributed by atoms with van der Waals surface area (Å²) < 4.78 is 13.7. The van der Waals surface area contributed by atoms with Crippen molar-refractivity contribution in [2.45, 2.75) is 115 Å². The van der Waals surface area contributed by atoms with Crippen LogP contribution in [0.5, 0.6) is 0 Å². The Morgan fingerprint density at radius 1 is 0.868 bits per heavy atom. The number of aromatic nitrogens is 2. The van der Waals surface area contributed by atoms with Crippen molar-refractivity contribution in [3.8, 4) is 0 Å². The molecule has 4 aromatic rings. The van der Waals surface area contributed by atoms with Gasteiger partial charge in [0.25, 0.3) is 5.91 Å². The number of carbonyl (C=O) groups excluding carboxylic acids is 2. The molecule has 0 spiro atoms. The maximum atomic E-state index is 13.8. The van der Waals surface area contributed by atoms with Crippen LogP contribution in [0, 0.1) is 11.8 Å². The number of para-hydroxylation sites is 2.